The lowest BCUT2D eigenvalue weighted by molar-refractivity contribution is -0.111. The second-order valence-electron chi connectivity index (χ2n) is 3.89. The molecule has 0 saturated heterocycles. The van der Waals surface area contributed by atoms with E-state index in [0.29, 0.717) is 0 Å². The van der Waals surface area contributed by atoms with Crippen LogP contribution in [0.15, 0.2) is 59.1 Å². The molecule has 0 spiro atoms. The summed E-state index contributed by atoms with van der Waals surface area (Å²) in [5, 5.41) is 2.83. The van der Waals surface area contributed by atoms with Crippen molar-refractivity contribution in [2.24, 2.45) is 0 Å². The standard InChI is InChI=1S/C15H11BrINO/c16-12-4-1-3-11(9-12)7-8-15(19)18-14-6-2-5-13(17)10-14/h1-10H,(H,18,19). The summed E-state index contributed by atoms with van der Waals surface area (Å²) in [5.74, 6) is -0.137. The highest BCUT2D eigenvalue weighted by molar-refractivity contribution is 14.1. The minimum atomic E-state index is -0.137. The van der Waals surface area contributed by atoms with Gasteiger partial charge in [0.1, 0.15) is 0 Å². The maximum Gasteiger partial charge on any atom is 0.248 e. The predicted molar refractivity (Wildman–Crippen MR) is 91.0 cm³/mol. The van der Waals surface area contributed by atoms with E-state index < -0.39 is 0 Å². The first kappa shape index (κ1) is 14.3. The van der Waals surface area contributed by atoms with Crippen LogP contribution in [-0.4, -0.2) is 5.91 Å². The summed E-state index contributed by atoms with van der Waals surface area (Å²) in [7, 11) is 0. The molecule has 0 radical (unpaired) electrons. The minimum Gasteiger partial charge on any atom is -0.322 e. The molecule has 0 aliphatic carbocycles. The first-order valence-corrected chi connectivity index (χ1v) is 7.51. The molecule has 2 aromatic rings. The van der Waals surface area contributed by atoms with Crippen molar-refractivity contribution in [3.63, 3.8) is 0 Å². The van der Waals surface area contributed by atoms with Gasteiger partial charge in [-0.25, -0.2) is 0 Å². The average molecular weight is 428 g/mol. The Bertz CT molecular complexity index is 625. The van der Waals surface area contributed by atoms with Gasteiger partial charge in [0.05, 0.1) is 0 Å². The first-order chi connectivity index (χ1) is 9.13. The lowest BCUT2D eigenvalue weighted by Gasteiger charge is -2.02. The molecule has 2 nitrogen and oxygen atoms in total. The van der Waals surface area contributed by atoms with Crippen LogP contribution in [0, 0.1) is 3.57 Å². The van der Waals surface area contributed by atoms with Crippen LogP contribution in [-0.2, 0) is 4.79 Å². The SMILES string of the molecule is O=C(C=Cc1cccc(Br)c1)Nc1cccc(I)c1. The van der Waals surface area contributed by atoms with Crippen molar-refractivity contribution in [1.82, 2.24) is 0 Å². The van der Waals surface area contributed by atoms with E-state index >= 15 is 0 Å². The van der Waals surface area contributed by atoms with Crippen molar-refractivity contribution < 1.29 is 4.79 Å². The van der Waals surface area contributed by atoms with Crippen LogP contribution in [0.5, 0.6) is 0 Å². The van der Waals surface area contributed by atoms with Crippen molar-refractivity contribution >= 4 is 56.2 Å². The number of hydrogen-bond acceptors (Lipinski definition) is 1. The number of hydrogen-bond donors (Lipinski definition) is 1. The Morgan fingerprint density at radius 3 is 2.68 bits per heavy atom. The van der Waals surface area contributed by atoms with Crippen LogP contribution in [0.3, 0.4) is 0 Å². The van der Waals surface area contributed by atoms with E-state index in [2.05, 4.69) is 43.8 Å². The molecule has 0 aliphatic rings. The molecule has 0 aromatic heterocycles. The Morgan fingerprint density at radius 1 is 1.16 bits per heavy atom. The van der Waals surface area contributed by atoms with Gasteiger partial charge in [-0.1, -0.05) is 34.1 Å². The van der Waals surface area contributed by atoms with Crippen molar-refractivity contribution in [2.75, 3.05) is 5.32 Å². The van der Waals surface area contributed by atoms with Gasteiger partial charge < -0.3 is 5.32 Å². The number of benzene rings is 2. The van der Waals surface area contributed by atoms with Crippen LogP contribution in [0.2, 0.25) is 0 Å². The minimum absolute atomic E-state index is 0.137. The van der Waals surface area contributed by atoms with Gasteiger partial charge in [-0.05, 0) is 64.6 Å². The molecule has 0 fully saturated rings. The molecule has 0 unspecified atom stereocenters. The number of amides is 1. The van der Waals surface area contributed by atoms with Gasteiger partial charge in [0.15, 0.2) is 0 Å². The van der Waals surface area contributed by atoms with E-state index in [1.807, 2.05) is 48.5 Å². The molecule has 0 aliphatic heterocycles. The zero-order valence-electron chi connectivity index (χ0n) is 9.94. The fraction of sp³-hybridized carbons (Fsp3) is 0. The summed E-state index contributed by atoms with van der Waals surface area (Å²) in [5.41, 5.74) is 1.78. The maximum atomic E-state index is 11.8. The topological polar surface area (TPSA) is 29.1 Å². The highest BCUT2D eigenvalue weighted by atomic mass is 127. The van der Waals surface area contributed by atoms with E-state index in [4.69, 9.17) is 0 Å². The third kappa shape index (κ3) is 4.80. The molecule has 96 valence electrons. The third-order valence-corrected chi connectivity index (χ3v) is 3.53. The zero-order chi connectivity index (χ0) is 13.7. The normalized spacial score (nSPS) is 10.6. The molecule has 1 amide bonds. The van der Waals surface area contributed by atoms with E-state index in [0.717, 1.165) is 19.3 Å². The number of halogens is 2. The summed E-state index contributed by atoms with van der Waals surface area (Å²) in [4.78, 5) is 11.8. The Morgan fingerprint density at radius 2 is 1.95 bits per heavy atom. The average Bonchev–Trinajstić information content (AvgIpc) is 2.36. The molecule has 2 rings (SSSR count). The molecule has 4 heteroatoms. The summed E-state index contributed by atoms with van der Waals surface area (Å²) in [6, 6.07) is 15.5. The summed E-state index contributed by atoms with van der Waals surface area (Å²) >= 11 is 5.61. The Balaban J connectivity index is 2.01. The van der Waals surface area contributed by atoms with Crippen LogP contribution < -0.4 is 5.32 Å². The van der Waals surface area contributed by atoms with Gasteiger partial charge in [0, 0.05) is 19.8 Å². The molecule has 2 aromatic carbocycles. The fourth-order valence-corrected chi connectivity index (χ4v) is 2.49. The van der Waals surface area contributed by atoms with E-state index in [-0.39, 0.29) is 5.91 Å². The van der Waals surface area contributed by atoms with Crippen LogP contribution in [0.1, 0.15) is 5.56 Å². The molecule has 19 heavy (non-hydrogen) atoms. The summed E-state index contributed by atoms with van der Waals surface area (Å²) < 4.78 is 2.08. The smallest absolute Gasteiger partial charge is 0.248 e. The lowest BCUT2D eigenvalue weighted by Crippen LogP contribution is -2.07. The molecular formula is C15H11BrINO. The fourth-order valence-electron chi connectivity index (χ4n) is 1.53. The molecule has 0 saturated carbocycles. The molecule has 1 N–H and O–H groups in total. The van der Waals surface area contributed by atoms with Crippen molar-refractivity contribution in [2.45, 2.75) is 0 Å². The van der Waals surface area contributed by atoms with E-state index in [9.17, 15) is 4.79 Å². The van der Waals surface area contributed by atoms with Crippen LogP contribution >= 0.6 is 38.5 Å². The number of carbonyl (C=O) groups excluding carboxylic acids is 1. The van der Waals surface area contributed by atoms with Gasteiger partial charge in [-0.2, -0.15) is 0 Å². The van der Waals surface area contributed by atoms with Gasteiger partial charge in [-0.3, -0.25) is 4.79 Å². The second kappa shape index (κ2) is 6.86. The summed E-state index contributed by atoms with van der Waals surface area (Å²) in [6.07, 6.45) is 3.32. The van der Waals surface area contributed by atoms with Crippen molar-refractivity contribution in [3.05, 3.63) is 68.2 Å². The second-order valence-corrected chi connectivity index (χ2v) is 6.05. The Hall–Kier alpha value is -1.14. The van der Waals surface area contributed by atoms with Gasteiger partial charge >= 0.3 is 0 Å². The predicted octanol–water partition coefficient (Wildman–Crippen LogP) is 4.71. The highest BCUT2D eigenvalue weighted by Crippen LogP contribution is 2.14. The van der Waals surface area contributed by atoms with Crippen molar-refractivity contribution in [1.29, 1.82) is 0 Å². The van der Waals surface area contributed by atoms with Gasteiger partial charge in [-0.15, -0.1) is 0 Å². The number of carbonyl (C=O) groups is 1. The zero-order valence-corrected chi connectivity index (χ0v) is 13.7. The van der Waals surface area contributed by atoms with Crippen LogP contribution in [0.25, 0.3) is 6.08 Å². The molecule has 0 heterocycles. The third-order valence-electron chi connectivity index (χ3n) is 2.37. The monoisotopic (exact) mass is 427 g/mol. The largest absolute Gasteiger partial charge is 0.322 e. The van der Waals surface area contributed by atoms with E-state index in [1.165, 1.54) is 6.08 Å². The number of nitrogens with one attached hydrogen (secondary N) is 1. The Labute approximate surface area is 134 Å². The number of anilines is 1. The highest BCUT2D eigenvalue weighted by Gasteiger charge is 1.98. The van der Waals surface area contributed by atoms with Crippen LogP contribution in [0.4, 0.5) is 5.69 Å². The molecule has 0 atom stereocenters. The Kier molecular flexibility index (Phi) is 5.15. The summed E-state index contributed by atoms with van der Waals surface area (Å²) in [6.45, 7) is 0. The molecule has 0 bridgehead atoms. The van der Waals surface area contributed by atoms with Crippen molar-refractivity contribution in [3.8, 4) is 0 Å². The van der Waals surface area contributed by atoms with Gasteiger partial charge in [0.25, 0.3) is 0 Å². The maximum absolute atomic E-state index is 11.8. The lowest BCUT2D eigenvalue weighted by atomic mass is 10.2. The number of rotatable bonds is 3. The van der Waals surface area contributed by atoms with E-state index in [1.54, 1.807) is 6.08 Å². The molecular weight excluding hydrogens is 417 g/mol. The first-order valence-electron chi connectivity index (χ1n) is 5.64. The quantitative estimate of drug-likeness (QED) is 0.558. The van der Waals surface area contributed by atoms with Gasteiger partial charge in [0.2, 0.25) is 5.91 Å².